The van der Waals surface area contributed by atoms with Crippen molar-refractivity contribution in [1.82, 2.24) is 10.2 Å². The minimum Gasteiger partial charge on any atom is -0.352 e. The van der Waals surface area contributed by atoms with Gasteiger partial charge in [-0.3, -0.25) is 9.10 Å². The molecule has 1 atom stereocenters. The van der Waals surface area contributed by atoms with Gasteiger partial charge in [-0.05, 0) is 75.0 Å². The maximum absolute atomic E-state index is 13.1. The molecule has 2 aromatic carbocycles. The van der Waals surface area contributed by atoms with Gasteiger partial charge in [-0.15, -0.1) is 0 Å². The fourth-order valence-electron chi connectivity index (χ4n) is 4.10. The second-order valence-electron chi connectivity index (χ2n) is 8.44. The van der Waals surface area contributed by atoms with E-state index in [-0.39, 0.29) is 10.8 Å². The highest BCUT2D eigenvalue weighted by Gasteiger charge is 2.23. The average molecular weight is 444 g/mol. The lowest BCUT2D eigenvalue weighted by Gasteiger charge is -2.30. The van der Waals surface area contributed by atoms with Crippen LogP contribution < -0.4 is 9.62 Å². The van der Waals surface area contributed by atoms with Crippen LogP contribution in [0, 0.1) is 12.8 Å². The van der Waals surface area contributed by atoms with Gasteiger partial charge in [-0.1, -0.05) is 31.2 Å². The molecule has 2 aromatic rings. The van der Waals surface area contributed by atoms with Crippen molar-refractivity contribution in [3.63, 3.8) is 0 Å². The highest BCUT2D eigenvalue weighted by atomic mass is 32.2. The van der Waals surface area contributed by atoms with Gasteiger partial charge in [-0.2, -0.15) is 0 Å². The summed E-state index contributed by atoms with van der Waals surface area (Å²) in [6.07, 6.45) is 3.42. The molecule has 0 unspecified atom stereocenters. The summed E-state index contributed by atoms with van der Waals surface area (Å²) in [5.41, 5.74) is 1.83. The predicted molar refractivity (Wildman–Crippen MR) is 125 cm³/mol. The van der Waals surface area contributed by atoms with Crippen LogP contribution in [0.15, 0.2) is 53.4 Å². The summed E-state index contributed by atoms with van der Waals surface area (Å²) < 4.78 is 27.5. The number of nitrogens with zero attached hydrogens (tertiary/aromatic N) is 2. The Labute approximate surface area is 186 Å². The molecule has 1 amide bonds. The quantitative estimate of drug-likeness (QED) is 0.632. The summed E-state index contributed by atoms with van der Waals surface area (Å²) in [6.45, 7) is 7.96. The van der Waals surface area contributed by atoms with Gasteiger partial charge in [0.25, 0.3) is 15.9 Å². The van der Waals surface area contributed by atoms with Crippen molar-refractivity contribution in [2.24, 2.45) is 5.92 Å². The standard InChI is InChI=1S/C24H33N3O3S/c1-19-9-7-15-27(18-19)16-8-14-25-24(28)21-11-6-12-22(17-21)31(29,30)26(3)23-13-5-4-10-20(23)2/h4-6,10-13,17,19H,7-9,14-16,18H2,1-3H3,(H,25,28)/t19-/m0/s1. The number of amides is 1. The van der Waals surface area contributed by atoms with Crippen LogP contribution in [0.5, 0.6) is 0 Å². The number of anilines is 1. The molecule has 168 valence electrons. The van der Waals surface area contributed by atoms with Crippen LogP contribution >= 0.6 is 0 Å². The fourth-order valence-corrected chi connectivity index (χ4v) is 5.41. The highest BCUT2D eigenvalue weighted by Crippen LogP contribution is 2.25. The third-order valence-corrected chi connectivity index (χ3v) is 7.65. The third-order valence-electron chi connectivity index (χ3n) is 5.89. The zero-order valence-corrected chi connectivity index (χ0v) is 19.5. The summed E-state index contributed by atoms with van der Waals surface area (Å²) in [7, 11) is -2.24. The van der Waals surface area contributed by atoms with Crippen molar-refractivity contribution in [3.05, 3.63) is 59.7 Å². The van der Waals surface area contributed by atoms with E-state index in [0.29, 0.717) is 17.8 Å². The smallest absolute Gasteiger partial charge is 0.264 e. The van der Waals surface area contributed by atoms with Gasteiger partial charge in [0.1, 0.15) is 0 Å². The van der Waals surface area contributed by atoms with E-state index in [1.54, 1.807) is 18.2 Å². The van der Waals surface area contributed by atoms with E-state index in [0.717, 1.165) is 37.5 Å². The molecule has 6 nitrogen and oxygen atoms in total. The molecule has 1 N–H and O–H groups in total. The number of likely N-dealkylation sites (tertiary alicyclic amines) is 1. The number of aryl methyl sites for hydroxylation is 1. The molecule has 0 aromatic heterocycles. The van der Waals surface area contributed by atoms with E-state index >= 15 is 0 Å². The topological polar surface area (TPSA) is 69.7 Å². The Bertz CT molecular complexity index is 1010. The Hall–Kier alpha value is -2.38. The molecule has 7 heteroatoms. The van der Waals surface area contributed by atoms with Crippen molar-refractivity contribution >= 4 is 21.6 Å². The third kappa shape index (κ3) is 5.86. The molecule has 0 radical (unpaired) electrons. The first kappa shape index (κ1) is 23.3. The molecule has 31 heavy (non-hydrogen) atoms. The molecule has 1 saturated heterocycles. The first-order valence-electron chi connectivity index (χ1n) is 10.9. The highest BCUT2D eigenvalue weighted by molar-refractivity contribution is 7.92. The molecular weight excluding hydrogens is 410 g/mol. The maximum atomic E-state index is 13.1. The second-order valence-corrected chi connectivity index (χ2v) is 10.4. The average Bonchev–Trinajstić information content (AvgIpc) is 2.76. The summed E-state index contributed by atoms with van der Waals surface area (Å²) in [5.74, 6) is 0.494. The van der Waals surface area contributed by atoms with Gasteiger partial charge in [0.05, 0.1) is 10.6 Å². The molecule has 0 aliphatic carbocycles. The largest absolute Gasteiger partial charge is 0.352 e. The van der Waals surface area contributed by atoms with Crippen LogP contribution in [-0.4, -0.2) is 52.5 Å². The number of carbonyl (C=O) groups excluding carboxylic acids is 1. The lowest BCUT2D eigenvalue weighted by molar-refractivity contribution is 0.0950. The van der Waals surface area contributed by atoms with Crippen molar-refractivity contribution in [2.45, 2.75) is 38.0 Å². The molecule has 3 rings (SSSR count). The minimum atomic E-state index is -3.77. The number of piperidine rings is 1. The number of para-hydroxylation sites is 1. The predicted octanol–water partition coefficient (Wildman–Crippen LogP) is 3.67. The van der Waals surface area contributed by atoms with Crippen LogP contribution in [0.25, 0.3) is 0 Å². The number of hydrogen-bond donors (Lipinski definition) is 1. The molecule has 0 bridgehead atoms. The summed E-state index contributed by atoms with van der Waals surface area (Å²) in [6, 6.07) is 13.6. The van der Waals surface area contributed by atoms with Crippen molar-refractivity contribution in [2.75, 3.05) is 37.5 Å². The summed E-state index contributed by atoms with van der Waals surface area (Å²) in [4.78, 5) is 15.1. The van der Waals surface area contributed by atoms with E-state index in [1.807, 2.05) is 25.1 Å². The molecule has 1 fully saturated rings. The van der Waals surface area contributed by atoms with Gasteiger partial charge in [-0.25, -0.2) is 8.42 Å². The number of benzene rings is 2. The van der Waals surface area contributed by atoms with Crippen LogP contribution in [0.3, 0.4) is 0 Å². The number of carbonyl (C=O) groups is 1. The number of hydrogen-bond acceptors (Lipinski definition) is 4. The van der Waals surface area contributed by atoms with Gasteiger partial charge >= 0.3 is 0 Å². The Balaban J connectivity index is 1.61. The van der Waals surface area contributed by atoms with Crippen LogP contribution in [-0.2, 0) is 10.0 Å². The van der Waals surface area contributed by atoms with E-state index in [9.17, 15) is 13.2 Å². The Morgan fingerprint density at radius 1 is 1.19 bits per heavy atom. The number of sulfonamides is 1. The number of nitrogens with one attached hydrogen (secondary N) is 1. The molecular formula is C24H33N3O3S. The SMILES string of the molecule is Cc1ccccc1N(C)S(=O)(=O)c1cccc(C(=O)NCCCN2CCC[C@H](C)C2)c1. The van der Waals surface area contributed by atoms with E-state index in [1.165, 1.54) is 36.3 Å². The van der Waals surface area contributed by atoms with Crippen LogP contribution in [0.1, 0.15) is 42.1 Å². The van der Waals surface area contributed by atoms with Gasteiger partial charge in [0.15, 0.2) is 0 Å². The number of rotatable bonds is 8. The zero-order chi connectivity index (χ0) is 22.4. The first-order valence-corrected chi connectivity index (χ1v) is 12.4. The molecule has 0 saturated carbocycles. The van der Waals surface area contributed by atoms with Gasteiger partial charge < -0.3 is 10.2 Å². The molecule has 0 spiro atoms. The summed E-state index contributed by atoms with van der Waals surface area (Å²) >= 11 is 0. The van der Waals surface area contributed by atoms with E-state index in [2.05, 4.69) is 17.1 Å². The summed E-state index contributed by atoms with van der Waals surface area (Å²) in [5, 5.41) is 2.92. The van der Waals surface area contributed by atoms with E-state index in [4.69, 9.17) is 0 Å². The van der Waals surface area contributed by atoms with Crippen molar-refractivity contribution in [3.8, 4) is 0 Å². The van der Waals surface area contributed by atoms with Crippen molar-refractivity contribution < 1.29 is 13.2 Å². The second kappa shape index (κ2) is 10.3. The monoisotopic (exact) mass is 443 g/mol. The van der Waals surface area contributed by atoms with Gasteiger partial charge in [0, 0.05) is 25.7 Å². The zero-order valence-electron chi connectivity index (χ0n) is 18.7. The normalized spacial score (nSPS) is 17.3. The Morgan fingerprint density at radius 3 is 2.71 bits per heavy atom. The molecule has 1 heterocycles. The molecule has 1 aliphatic rings. The van der Waals surface area contributed by atoms with Crippen LogP contribution in [0.2, 0.25) is 0 Å². The first-order chi connectivity index (χ1) is 14.8. The van der Waals surface area contributed by atoms with Gasteiger partial charge in [0.2, 0.25) is 0 Å². The Morgan fingerprint density at radius 2 is 1.97 bits per heavy atom. The Kier molecular flexibility index (Phi) is 7.73. The lowest BCUT2D eigenvalue weighted by Crippen LogP contribution is -2.36. The molecule has 1 aliphatic heterocycles. The van der Waals surface area contributed by atoms with E-state index < -0.39 is 10.0 Å². The lowest BCUT2D eigenvalue weighted by atomic mass is 10.0. The van der Waals surface area contributed by atoms with Crippen molar-refractivity contribution in [1.29, 1.82) is 0 Å². The fraction of sp³-hybridized carbons (Fsp3) is 0.458. The van der Waals surface area contributed by atoms with Crippen LogP contribution in [0.4, 0.5) is 5.69 Å². The maximum Gasteiger partial charge on any atom is 0.264 e. The minimum absolute atomic E-state index is 0.105.